The summed E-state index contributed by atoms with van der Waals surface area (Å²) in [6.45, 7) is 5.14. The minimum atomic E-state index is -0.0481. The molecule has 2 heteroatoms. The molecule has 110 valence electrons. The number of para-hydroxylation sites is 1. The van der Waals surface area contributed by atoms with E-state index in [1.165, 1.54) is 43.2 Å². The molecule has 0 spiro atoms. The van der Waals surface area contributed by atoms with Crippen molar-refractivity contribution in [1.29, 1.82) is 0 Å². The fraction of sp³-hybridized carbons (Fsp3) is 0.667. The number of ether oxygens (including phenoxy) is 1. The van der Waals surface area contributed by atoms with Crippen LogP contribution in [0.3, 0.4) is 0 Å². The first-order chi connectivity index (χ1) is 9.56. The summed E-state index contributed by atoms with van der Waals surface area (Å²) in [5.41, 5.74) is 9.07. The Morgan fingerprint density at radius 1 is 1.10 bits per heavy atom. The molecule has 0 bridgehead atoms. The molecule has 1 aromatic rings. The topological polar surface area (TPSA) is 35.2 Å². The number of nitrogens with two attached hydrogens (primary N) is 1. The SMILES string of the molecule is CC1(C)CCc2cccc(C3(CN)CCCCC3)c2O1. The normalized spacial score (nSPS) is 23.8. The fourth-order valence-electron chi connectivity index (χ4n) is 3.89. The second-order valence-electron chi connectivity index (χ2n) is 7.20. The molecule has 1 aliphatic carbocycles. The van der Waals surface area contributed by atoms with Crippen molar-refractivity contribution in [1.82, 2.24) is 0 Å². The Kier molecular flexibility index (Phi) is 3.53. The second kappa shape index (κ2) is 5.07. The molecular formula is C18H27NO. The standard InChI is InChI=1S/C18H27NO/c1-17(2)12-9-14-7-6-8-15(16(14)20-17)18(13-19)10-4-3-5-11-18/h6-8H,3-5,9-13,19H2,1-2H3. The summed E-state index contributed by atoms with van der Waals surface area (Å²) in [5.74, 6) is 1.15. The third-order valence-corrected chi connectivity index (χ3v) is 5.24. The lowest BCUT2D eigenvalue weighted by Gasteiger charge is -2.41. The van der Waals surface area contributed by atoms with E-state index in [1.807, 2.05) is 0 Å². The van der Waals surface area contributed by atoms with Crippen molar-refractivity contribution >= 4 is 0 Å². The quantitative estimate of drug-likeness (QED) is 0.885. The maximum Gasteiger partial charge on any atom is 0.127 e. The summed E-state index contributed by atoms with van der Waals surface area (Å²) in [4.78, 5) is 0. The highest BCUT2D eigenvalue weighted by atomic mass is 16.5. The molecule has 2 aliphatic rings. The molecule has 3 rings (SSSR count). The minimum absolute atomic E-state index is 0.0481. The van der Waals surface area contributed by atoms with Crippen LogP contribution in [0.4, 0.5) is 0 Å². The first kappa shape index (κ1) is 13.9. The molecule has 0 atom stereocenters. The molecule has 1 aromatic carbocycles. The van der Waals surface area contributed by atoms with E-state index >= 15 is 0 Å². The minimum Gasteiger partial charge on any atom is -0.487 e. The van der Waals surface area contributed by atoms with Crippen LogP contribution in [0.1, 0.15) is 63.5 Å². The predicted octanol–water partition coefficient (Wildman–Crippen LogP) is 3.95. The summed E-state index contributed by atoms with van der Waals surface area (Å²) in [6, 6.07) is 6.68. The molecule has 2 N–H and O–H groups in total. The maximum atomic E-state index is 6.37. The van der Waals surface area contributed by atoms with Crippen LogP contribution < -0.4 is 10.5 Å². The summed E-state index contributed by atoms with van der Waals surface area (Å²) in [5, 5.41) is 0. The average Bonchev–Trinajstić information content (AvgIpc) is 2.46. The van der Waals surface area contributed by atoms with Gasteiger partial charge in [0.25, 0.3) is 0 Å². The fourth-order valence-corrected chi connectivity index (χ4v) is 3.89. The van der Waals surface area contributed by atoms with Gasteiger partial charge in [-0.05, 0) is 45.1 Å². The largest absolute Gasteiger partial charge is 0.487 e. The van der Waals surface area contributed by atoms with Crippen molar-refractivity contribution in [3.05, 3.63) is 29.3 Å². The molecule has 0 aromatic heterocycles. The number of benzene rings is 1. The Balaban J connectivity index is 2.05. The zero-order valence-electron chi connectivity index (χ0n) is 12.9. The van der Waals surface area contributed by atoms with E-state index in [9.17, 15) is 0 Å². The van der Waals surface area contributed by atoms with Crippen LogP contribution in [-0.4, -0.2) is 12.1 Å². The van der Waals surface area contributed by atoms with Crippen molar-refractivity contribution in [3.8, 4) is 5.75 Å². The Morgan fingerprint density at radius 2 is 1.85 bits per heavy atom. The van der Waals surface area contributed by atoms with Crippen LogP contribution in [0.2, 0.25) is 0 Å². The molecule has 0 saturated heterocycles. The van der Waals surface area contributed by atoms with Crippen LogP contribution in [0.15, 0.2) is 18.2 Å². The van der Waals surface area contributed by atoms with Crippen molar-refractivity contribution in [2.45, 2.75) is 69.8 Å². The third kappa shape index (κ3) is 2.35. The van der Waals surface area contributed by atoms with E-state index in [4.69, 9.17) is 10.5 Å². The van der Waals surface area contributed by atoms with Gasteiger partial charge in [-0.15, -0.1) is 0 Å². The van der Waals surface area contributed by atoms with Crippen molar-refractivity contribution in [2.24, 2.45) is 5.73 Å². The van der Waals surface area contributed by atoms with E-state index in [-0.39, 0.29) is 11.0 Å². The van der Waals surface area contributed by atoms with Gasteiger partial charge < -0.3 is 10.5 Å². The molecule has 0 unspecified atom stereocenters. The molecular weight excluding hydrogens is 246 g/mol. The zero-order chi connectivity index (χ0) is 14.2. The van der Waals surface area contributed by atoms with Gasteiger partial charge in [0, 0.05) is 17.5 Å². The van der Waals surface area contributed by atoms with E-state index in [2.05, 4.69) is 32.0 Å². The number of fused-ring (bicyclic) bond motifs is 1. The molecule has 0 amide bonds. The Hall–Kier alpha value is -1.02. The van der Waals surface area contributed by atoms with Crippen molar-refractivity contribution in [2.75, 3.05) is 6.54 Å². The van der Waals surface area contributed by atoms with Crippen LogP contribution >= 0.6 is 0 Å². The summed E-state index contributed by atoms with van der Waals surface area (Å²) in [7, 11) is 0. The van der Waals surface area contributed by atoms with E-state index < -0.39 is 0 Å². The molecule has 0 radical (unpaired) electrons. The number of hydrogen-bond donors (Lipinski definition) is 1. The van der Waals surface area contributed by atoms with Gasteiger partial charge in [0.05, 0.1) is 0 Å². The van der Waals surface area contributed by atoms with E-state index in [0.29, 0.717) is 0 Å². The lowest BCUT2D eigenvalue weighted by Crippen LogP contribution is -2.40. The summed E-state index contributed by atoms with van der Waals surface area (Å²) >= 11 is 0. The summed E-state index contributed by atoms with van der Waals surface area (Å²) in [6.07, 6.45) is 8.58. The summed E-state index contributed by atoms with van der Waals surface area (Å²) < 4.78 is 6.37. The lowest BCUT2D eigenvalue weighted by atomic mass is 9.68. The van der Waals surface area contributed by atoms with Crippen LogP contribution in [0.5, 0.6) is 5.75 Å². The first-order valence-electron chi connectivity index (χ1n) is 8.08. The van der Waals surface area contributed by atoms with Gasteiger partial charge in [0.1, 0.15) is 11.4 Å². The Morgan fingerprint density at radius 3 is 2.55 bits per heavy atom. The molecule has 1 fully saturated rings. The van der Waals surface area contributed by atoms with Crippen LogP contribution in [-0.2, 0) is 11.8 Å². The average molecular weight is 273 g/mol. The number of hydrogen-bond acceptors (Lipinski definition) is 2. The number of rotatable bonds is 2. The van der Waals surface area contributed by atoms with Gasteiger partial charge in [-0.25, -0.2) is 0 Å². The highest BCUT2D eigenvalue weighted by Gasteiger charge is 2.38. The second-order valence-corrected chi connectivity index (χ2v) is 7.20. The zero-order valence-corrected chi connectivity index (χ0v) is 12.9. The smallest absolute Gasteiger partial charge is 0.127 e. The predicted molar refractivity (Wildman–Crippen MR) is 83.3 cm³/mol. The van der Waals surface area contributed by atoms with Gasteiger partial charge in [0.2, 0.25) is 0 Å². The molecule has 20 heavy (non-hydrogen) atoms. The van der Waals surface area contributed by atoms with Gasteiger partial charge in [0.15, 0.2) is 0 Å². The molecule has 1 saturated carbocycles. The third-order valence-electron chi connectivity index (χ3n) is 5.24. The van der Waals surface area contributed by atoms with Gasteiger partial charge in [-0.1, -0.05) is 37.5 Å². The van der Waals surface area contributed by atoms with Crippen molar-refractivity contribution < 1.29 is 4.74 Å². The lowest BCUT2D eigenvalue weighted by molar-refractivity contribution is 0.0802. The Bertz CT molecular complexity index is 486. The maximum absolute atomic E-state index is 6.37. The van der Waals surface area contributed by atoms with Crippen molar-refractivity contribution in [3.63, 3.8) is 0 Å². The molecule has 2 nitrogen and oxygen atoms in total. The van der Waals surface area contributed by atoms with E-state index in [0.717, 1.165) is 25.1 Å². The monoisotopic (exact) mass is 273 g/mol. The molecule has 1 heterocycles. The Labute approximate surface area is 122 Å². The highest BCUT2D eigenvalue weighted by molar-refractivity contribution is 5.48. The first-order valence-corrected chi connectivity index (χ1v) is 8.08. The van der Waals surface area contributed by atoms with E-state index in [1.54, 1.807) is 0 Å². The van der Waals surface area contributed by atoms with Gasteiger partial charge >= 0.3 is 0 Å². The highest BCUT2D eigenvalue weighted by Crippen LogP contribution is 2.46. The van der Waals surface area contributed by atoms with Crippen LogP contribution in [0, 0.1) is 0 Å². The molecule has 1 aliphatic heterocycles. The van der Waals surface area contributed by atoms with Crippen LogP contribution in [0.25, 0.3) is 0 Å². The van der Waals surface area contributed by atoms with Gasteiger partial charge in [-0.2, -0.15) is 0 Å². The van der Waals surface area contributed by atoms with Gasteiger partial charge in [-0.3, -0.25) is 0 Å². The number of aryl methyl sites for hydroxylation is 1.